The normalized spacial score (nSPS) is 17.0. The molecule has 3 rings (SSSR count). The van der Waals surface area contributed by atoms with Gasteiger partial charge in [-0.1, -0.05) is 25.9 Å². The zero-order valence-electron chi connectivity index (χ0n) is 14.9. The number of imidazole rings is 1. The summed E-state index contributed by atoms with van der Waals surface area (Å²) in [6, 6.07) is -0.329. The quantitative estimate of drug-likeness (QED) is 0.831. The first kappa shape index (κ1) is 17.6. The van der Waals surface area contributed by atoms with Gasteiger partial charge in [-0.2, -0.15) is 4.98 Å². The Labute approximate surface area is 146 Å². The van der Waals surface area contributed by atoms with Crippen LogP contribution in [-0.2, 0) is 11.2 Å². The molecule has 0 saturated carbocycles. The lowest BCUT2D eigenvalue weighted by molar-refractivity contribution is 0.0467. The molecule has 1 aliphatic heterocycles. The maximum Gasteiger partial charge on any atom is 0.270 e. The average molecular weight is 347 g/mol. The summed E-state index contributed by atoms with van der Waals surface area (Å²) in [5.74, 6) is 2.05. The predicted molar refractivity (Wildman–Crippen MR) is 90.1 cm³/mol. The molecular formula is C17H25N5O3. The minimum atomic E-state index is -0.329. The van der Waals surface area contributed by atoms with Gasteiger partial charge in [-0.15, -0.1) is 0 Å². The van der Waals surface area contributed by atoms with Crippen molar-refractivity contribution in [2.24, 2.45) is 5.92 Å². The number of hydrogen-bond donors (Lipinski definition) is 2. The SMILES string of the molecule is CCc1ncc(C(=O)N[C@H](c2nc(C(C)C)no2)C2CCOCC2)[nH]1. The highest BCUT2D eigenvalue weighted by atomic mass is 16.5. The van der Waals surface area contributed by atoms with Gasteiger partial charge in [0.05, 0.1) is 6.20 Å². The molecule has 25 heavy (non-hydrogen) atoms. The van der Waals surface area contributed by atoms with E-state index in [0.29, 0.717) is 30.6 Å². The lowest BCUT2D eigenvalue weighted by Gasteiger charge is -2.28. The molecule has 2 N–H and O–H groups in total. The summed E-state index contributed by atoms with van der Waals surface area (Å²) in [5, 5.41) is 7.09. The first-order chi connectivity index (χ1) is 12.1. The number of nitrogens with one attached hydrogen (secondary N) is 2. The van der Waals surface area contributed by atoms with Crippen molar-refractivity contribution in [3.8, 4) is 0 Å². The molecule has 0 unspecified atom stereocenters. The van der Waals surface area contributed by atoms with Crippen LogP contribution < -0.4 is 5.32 Å². The third kappa shape index (κ3) is 4.07. The van der Waals surface area contributed by atoms with Crippen LogP contribution in [0.5, 0.6) is 0 Å². The number of H-pyrrole nitrogens is 1. The van der Waals surface area contributed by atoms with E-state index in [1.807, 2.05) is 20.8 Å². The minimum absolute atomic E-state index is 0.170. The van der Waals surface area contributed by atoms with Crippen molar-refractivity contribution >= 4 is 5.91 Å². The van der Waals surface area contributed by atoms with Crippen LogP contribution in [0.25, 0.3) is 0 Å². The Morgan fingerprint density at radius 3 is 2.76 bits per heavy atom. The van der Waals surface area contributed by atoms with Crippen LogP contribution in [0.1, 0.15) is 73.6 Å². The van der Waals surface area contributed by atoms with Crippen LogP contribution >= 0.6 is 0 Å². The standard InChI is InChI=1S/C17H25N5O3/c1-4-13-18-9-12(19-13)16(23)20-14(11-5-7-24-8-6-11)17-21-15(10(2)3)22-25-17/h9-11,14H,4-8H2,1-3H3,(H,18,19)(H,20,23)/t14-/m0/s1. The Bertz CT molecular complexity index is 703. The highest BCUT2D eigenvalue weighted by molar-refractivity contribution is 5.92. The highest BCUT2D eigenvalue weighted by Crippen LogP contribution is 2.30. The molecule has 0 aromatic carbocycles. The number of aromatic amines is 1. The summed E-state index contributed by atoms with van der Waals surface area (Å²) in [4.78, 5) is 24.4. The zero-order valence-corrected chi connectivity index (χ0v) is 14.9. The molecule has 2 aromatic heterocycles. The van der Waals surface area contributed by atoms with E-state index in [1.54, 1.807) is 6.20 Å². The van der Waals surface area contributed by atoms with E-state index in [2.05, 4.69) is 25.4 Å². The Hall–Kier alpha value is -2.22. The van der Waals surface area contributed by atoms with Crippen molar-refractivity contribution in [1.29, 1.82) is 0 Å². The van der Waals surface area contributed by atoms with E-state index in [0.717, 1.165) is 25.1 Å². The van der Waals surface area contributed by atoms with E-state index in [-0.39, 0.29) is 23.8 Å². The molecule has 136 valence electrons. The predicted octanol–water partition coefficient (Wildman–Crippen LogP) is 2.38. The molecule has 0 aliphatic carbocycles. The summed E-state index contributed by atoms with van der Waals surface area (Å²) in [7, 11) is 0. The molecule has 8 nitrogen and oxygen atoms in total. The summed E-state index contributed by atoms with van der Waals surface area (Å²) >= 11 is 0. The fraction of sp³-hybridized carbons (Fsp3) is 0.647. The average Bonchev–Trinajstić information content (AvgIpc) is 3.29. The van der Waals surface area contributed by atoms with Crippen molar-refractivity contribution < 1.29 is 14.1 Å². The third-order valence-corrected chi connectivity index (χ3v) is 4.47. The smallest absolute Gasteiger partial charge is 0.270 e. The van der Waals surface area contributed by atoms with E-state index < -0.39 is 0 Å². The lowest BCUT2D eigenvalue weighted by Crippen LogP contribution is -2.36. The molecule has 1 atom stereocenters. The van der Waals surface area contributed by atoms with Crippen LogP contribution in [-0.4, -0.2) is 39.2 Å². The fourth-order valence-electron chi connectivity index (χ4n) is 2.91. The molecule has 2 aromatic rings. The van der Waals surface area contributed by atoms with Crippen molar-refractivity contribution in [2.75, 3.05) is 13.2 Å². The van der Waals surface area contributed by atoms with Crippen LogP contribution in [0.15, 0.2) is 10.7 Å². The van der Waals surface area contributed by atoms with Gasteiger partial charge in [0.1, 0.15) is 17.6 Å². The van der Waals surface area contributed by atoms with E-state index in [9.17, 15) is 4.79 Å². The first-order valence-electron chi connectivity index (χ1n) is 8.84. The number of carbonyl (C=O) groups is 1. The number of aromatic nitrogens is 4. The van der Waals surface area contributed by atoms with Crippen LogP contribution in [0.3, 0.4) is 0 Å². The third-order valence-electron chi connectivity index (χ3n) is 4.47. The fourth-order valence-corrected chi connectivity index (χ4v) is 2.91. The monoisotopic (exact) mass is 347 g/mol. The maximum absolute atomic E-state index is 12.6. The van der Waals surface area contributed by atoms with Gasteiger partial charge >= 0.3 is 0 Å². The summed E-state index contributed by atoms with van der Waals surface area (Å²) < 4.78 is 10.9. The van der Waals surface area contributed by atoms with E-state index >= 15 is 0 Å². The van der Waals surface area contributed by atoms with Gasteiger partial charge in [0.2, 0.25) is 5.89 Å². The van der Waals surface area contributed by atoms with Crippen molar-refractivity contribution in [3.05, 3.63) is 29.4 Å². The number of nitrogens with zero attached hydrogens (tertiary/aromatic N) is 3. The lowest BCUT2D eigenvalue weighted by atomic mass is 9.91. The van der Waals surface area contributed by atoms with Gasteiger partial charge in [0.25, 0.3) is 5.91 Å². The molecular weight excluding hydrogens is 322 g/mol. The number of amides is 1. The van der Waals surface area contributed by atoms with Crippen molar-refractivity contribution in [2.45, 2.75) is 52.0 Å². The Morgan fingerprint density at radius 2 is 2.16 bits per heavy atom. The van der Waals surface area contributed by atoms with Crippen LogP contribution in [0.4, 0.5) is 0 Å². The number of ether oxygens (including phenoxy) is 1. The molecule has 1 amide bonds. The number of hydrogen-bond acceptors (Lipinski definition) is 6. The molecule has 8 heteroatoms. The molecule has 0 spiro atoms. The molecule has 1 aliphatic rings. The van der Waals surface area contributed by atoms with E-state index in [1.165, 1.54) is 0 Å². The Balaban J connectivity index is 1.81. The second kappa shape index (κ2) is 7.77. The van der Waals surface area contributed by atoms with Gasteiger partial charge in [-0.05, 0) is 18.8 Å². The molecule has 0 radical (unpaired) electrons. The van der Waals surface area contributed by atoms with Crippen molar-refractivity contribution in [1.82, 2.24) is 25.4 Å². The Kier molecular flexibility index (Phi) is 5.47. The number of carbonyl (C=O) groups excluding carboxylic acids is 1. The highest BCUT2D eigenvalue weighted by Gasteiger charge is 2.32. The van der Waals surface area contributed by atoms with Gasteiger partial charge < -0.3 is 19.6 Å². The van der Waals surface area contributed by atoms with Gasteiger partial charge in [0.15, 0.2) is 5.82 Å². The molecule has 1 fully saturated rings. The summed E-state index contributed by atoms with van der Waals surface area (Å²) in [5.41, 5.74) is 0.442. The first-order valence-corrected chi connectivity index (χ1v) is 8.84. The minimum Gasteiger partial charge on any atom is -0.381 e. The van der Waals surface area contributed by atoms with Gasteiger partial charge in [0, 0.05) is 25.6 Å². The zero-order chi connectivity index (χ0) is 17.8. The number of rotatable bonds is 6. The van der Waals surface area contributed by atoms with Crippen molar-refractivity contribution in [3.63, 3.8) is 0 Å². The molecule has 0 bridgehead atoms. The van der Waals surface area contributed by atoms with E-state index in [4.69, 9.17) is 9.26 Å². The van der Waals surface area contributed by atoms with Gasteiger partial charge in [-0.3, -0.25) is 4.79 Å². The molecule has 1 saturated heterocycles. The van der Waals surface area contributed by atoms with Crippen LogP contribution in [0.2, 0.25) is 0 Å². The maximum atomic E-state index is 12.6. The van der Waals surface area contributed by atoms with Crippen LogP contribution in [0, 0.1) is 5.92 Å². The number of aryl methyl sites for hydroxylation is 1. The molecule has 3 heterocycles. The summed E-state index contributed by atoms with van der Waals surface area (Å²) in [6.45, 7) is 7.34. The Morgan fingerprint density at radius 1 is 1.40 bits per heavy atom. The second-order valence-corrected chi connectivity index (χ2v) is 6.64. The van der Waals surface area contributed by atoms with Gasteiger partial charge in [-0.25, -0.2) is 4.98 Å². The second-order valence-electron chi connectivity index (χ2n) is 6.64. The topological polar surface area (TPSA) is 106 Å². The summed E-state index contributed by atoms with van der Waals surface area (Å²) in [6.07, 6.45) is 3.99. The largest absolute Gasteiger partial charge is 0.381 e.